The van der Waals surface area contributed by atoms with Gasteiger partial charge in [-0.2, -0.15) is 0 Å². The molecule has 21 heavy (non-hydrogen) atoms. The van der Waals surface area contributed by atoms with E-state index in [-0.39, 0.29) is 0 Å². The van der Waals surface area contributed by atoms with Crippen LogP contribution in [0.15, 0.2) is 36.9 Å². The molecule has 110 valence electrons. The number of aromatic nitrogens is 3. The van der Waals surface area contributed by atoms with Crippen LogP contribution in [0.5, 0.6) is 0 Å². The van der Waals surface area contributed by atoms with E-state index in [9.17, 15) is 0 Å². The number of morpholine rings is 1. The van der Waals surface area contributed by atoms with Crippen molar-refractivity contribution in [3.63, 3.8) is 0 Å². The molecule has 0 atom stereocenters. The van der Waals surface area contributed by atoms with Crippen LogP contribution in [0.3, 0.4) is 0 Å². The third kappa shape index (κ3) is 3.88. The number of ether oxygens (including phenoxy) is 1. The Bertz CT molecular complexity index is 557. The molecule has 1 saturated heterocycles. The molecule has 0 unspecified atom stereocenters. The van der Waals surface area contributed by atoms with E-state index >= 15 is 0 Å². The highest BCUT2D eigenvalue weighted by molar-refractivity contribution is 5.48. The second-order valence-electron chi connectivity index (χ2n) is 4.89. The lowest BCUT2D eigenvalue weighted by molar-refractivity contribution is 0.122. The summed E-state index contributed by atoms with van der Waals surface area (Å²) in [5.74, 6) is 1.82. The van der Waals surface area contributed by atoms with Crippen LogP contribution in [0.1, 0.15) is 5.56 Å². The van der Waals surface area contributed by atoms with E-state index in [0.717, 1.165) is 50.9 Å². The summed E-state index contributed by atoms with van der Waals surface area (Å²) in [7, 11) is 0. The number of nitrogens with one attached hydrogen (secondary N) is 1. The van der Waals surface area contributed by atoms with Gasteiger partial charge >= 0.3 is 0 Å². The second kappa shape index (κ2) is 6.99. The molecule has 6 heteroatoms. The van der Waals surface area contributed by atoms with Crippen LogP contribution in [0.4, 0.5) is 11.6 Å². The fourth-order valence-electron chi connectivity index (χ4n) is 2.29. The van der Waals surface area contributed by atoms with Gasteiger partial charge in [-0.25, -0.2) is 9.97 Å². The lowest BCUT2D eigenvalue weighted by Crippen LogP contribution is -2.36. The molecular formula is C15H19N5O. The number of rotatable bonds is 5. The van der Waals surface area contributed by atoms with Gasteiger partial charge in [-0.15, -0.1) is 0 Å². The van der Waals surface area contributed by atoms with Gasteiger partial charge in [0, 0.05) is 38.1 Å². The molecule has 2 aromatic heterocycles. The van der Waals surface area contributed by atoms with Gasteiger partial charge in [-0.05, 0) is 24.1 Å². The van der Waals surface area contributed by atoms with E-state index in [1.165, 1.54) is 5.56 Å². The van der Waals surface area contributed by atoms with Gasteiger partial charge in [0.2, 0.25) is 0 Å². The maximum atomic E-state index is 5.36. The SMILES string of the molecule is c1cc(CCNc2cc(N3CCOCC3)ncn2)ccn1. The molecule has 0 bridgehead atoms. The molecule has 0 aromatic carbocycles. The average Bonchev–Trinajstić information content (AvgIpc) is 2.57. The summed E-state index contributed by atoms with van der Waals surface area (Å²) in [6.45, 7) is 4.12. The molecule has 0 radical (unpaired) electrons. The van der Waals surface area contributed by atoms with Crippen LogP contribution in [-0.4, -0.2) is 47.8 Å². The number of hydrogen-bond donors (Lipinski definition) is 1. The minimum Gasteiger partial charge on any atom is -0.378 e. The van der Waals surface area contributed by atoms with E-state index in [1.807, 2.05) is 30.6 Å². The van der Waals surface area contributed by atoms with Crippen LogP contribution in [-0.2, 0) is 11.2 Å². The van der Waals surface area contributed by atoms with Crippen molar-refractivity contribution in [2.45, 2.75) is 6.42 Å². The van der Waals surface area contributed by atoms with Crippen LogP contribution in [0.2, 0.25) is 0 Å². The zero-order valence-electron chi connectivity index (χ0n) is 11.9. The first kappa shape index (κ1) is 13.8. The Kier molecular flexibility index (Phi) is 4.58. The number of pyridine rings is 1. The van der Waals surface area contributed by atoms with E-state index in [4.69, 9.17) is 4.74 Å². The van der Waals surface area contributed by atoms with E-state index in [1.54, 1.807) is 6.33 Å². The summed E-state index contributed by atoms with van der Waals surface area (Å²) in [5.41, 5.74) is 1.26. The molecule has 2 aromatic rings. The van der Waals surface area contributed by atoms with Crippen molar-refractivity contribution >= 4 is 11.6 Å². The molecular weight excluding hydrogens is 266 g/mol. The van der Waals surface area contributed by atoms with Crippen LogP contribution in [0.25, 0.3) is 0 Å². The smallest absolute Gasteiger partial charge is 0.134 e. The maximum absolute atomic E-state index is 5.36. The Morgan fingerprint density at radius 1 is 1.14 bits per heavy atom. The van der Waals surface area contributed by atoms with Gasteiger partial charge in [-0.1, -0.05) is 0 Å². The first-order chi connectivity index (χ1) is 10.4. The third-order valence-corrected chi connectivity index (χ3v) is 3.46. The highest BCUT2D eigenvalue weighted by atomic mass is 16.5. The molecule has 0 saturated carbocycles. The van der Waals surface area contributed by atoms with Gasteiger partial charge in [0.25, 0.3) is 0 Å². The first-order valence-electron chi connectivity index (χ1n) is 7.19. The Morgan fingerprint density at radius 3 is 2.76 bits per heavy atom. The molecule has 1 aliphatic rings. The maximum Gasteiger partial charge on any atom is 0.134 e. The van der Waals surface area contributed by atoms with Gasteiger partial charge in [0.15, 0.2) is 0 Å². The predicted molar refractivity (Wildman–Crippen MR) is 81.5 cm³/mol. The minimum absolute atomic E-state index is 0.759. The molecule has 3 heterocycles. The van der Waals surface area contributed by atoms with Crippen molar-refractivity contribution in [2.75, 3.05) is 43.1 Å². The highest BCUT2D eigenvalue weighted by Gasteiger charge is 2.12. The predicted octanol–water partition coefficient (Wildman–Crippen LogP) is 1.36. The van der Waals surface area contributed by atoms with Crippen LogP contribution in [0, 0.1) is 0 Å². The van der Waals surface area contributed by atoms with Crippen molar-refractivity contribution < 1.29 is 4.74 Å². The van der Waals surface area contributed by atoms with Crippen LogP contribution < -0.4 is 10.2 Å². The summed E-state index contributed by atoms with van der Waals surface area (Å²) in [6.07, 6.45) is 6.19. The Hall–Kier alpha value is -2.21. The lowest BCUT2D eigenvalue weighted by atomic mass is 10.2. The fourth-order valence-corrected chi connectivity index (χ4v) is 2.29. The Balaban J connectivity index is 1.55. The topological polar surface area (TPSA) is 63.2 Å². The normalized spacial score (nSPS) is 15.0. The summed E-state index contributed by atoms with van der Waals surface area (Å²) in [4.78, 5) is 14.9. The van der Waals surface area contributed by atoms with Crippen molar-refractivity contribution in [3.05, 3.63) is 42.5 Å². The summed E-state index contributed by atoms with van der Waals surface area (Å²) in [6, 6.07) is 6.06. The standard InChI is InChI=1S/C15H19N5O/c1-4-16-5-2-13(1)3-6-17-14-11-15(19-12-18-14)20-7-9-21-10-8-20/h1-2,4-5,11-12H,3,6-10H2,(H,17,18,19). The largest absolute Gasteiger partial charge is 0.378 e. The lowest BCUT2D eigenvalue weighted by Gasteiger charge is -2.27. The molecule has 1 N–H and O–H groups in total. The zero-order valence-corrected chi connectivity index (χ0v) is 11.9. The monoisotopic (exact) mass is 285 g/mol. The van der Waals surface area contributed by atoms with Gasteiger partial charge in [0.05, 0.1) is 13.2 Å². The second-order valence-corrected chi connectivity index (χ2v) is 4.89. The van der Waals surface area contributed by atoms with Crippen molar-refractivity contribution in [3.8, 4) is 0 Å². The van der Waals surface area contributed by atoms with Crippen molar-refractivity contribution in [1.82, 2.24) is 15.0 Å². The van der Waals surface area contributed by atoms with E-state index < -0.39 is 0 Å². The van der Waals surface area contributed by atoms with E-state index in [0.29, 0.717) is 0 Å². The number of anilines is 2. The molecule has 0 spiro atoms. The highest BCUT2D eigenvalue weighted by Crippen LogP contribution is 2.15. The molecule has 1 aliphatic heterocycles. The first-order valence-corrected chi connectivity index (χ1v) is 7.19. The van der Waals surface area contributed by atoms with E-state index in [2.05, 4.69) is 25.2 Å². The molecule has 0 aliphatic carbocycles. The van der Waals surface area contributed by atoms with Gasteiger partial charge < -0.3 is 15.0 Å². The van der Waals surface area contributed by atoms with Gasteiger partial charge in [0.1, 0.15) is 18.0 Å². The average molecular weight is 285 g/mol. The van der Waals surface area contributed by atoms with Crippen molar-refractivity contribution in [1.29, 1.82) is 0 Å². The molecule has 1 fully saturated rings. The molecule has 0 amide bonds. The minimum atomic E-state index is 0.759. The Labute approximate surface area is 124 Å². The third-order valence-electron chi connectivity index (χ3n) is 3.46. The summed E-state index contributed by atoms with van der Waals surface area (Å²) in [5, 5.41) is 3.34. The van der Waals surface area contributed by atoms with Gasteiger partial charge in [-0.3, -0.25) is 4.98 Å². The molecule has 6 nitrogen and oxygen atoms in total. The Morgan fingerprint density at radius 2 is 1.95 bits per heavy atom. The quantitative estimate of drug-likeness (QED) is 0.895. The number of nitrogens with zero attached hydrogens (tertiary/aromatic N) is 4. The van der Waals surface area contributed by atoms with Crippen LogP contribution >= 0.6 is 0 Å². The van der Waals surface area contributed by atoms with Crippen molar-refractivity contribution in [2.24, 2.45) is 0 Å². The summed E-state index contributed by atoms with van der Waals surface area (Å²) < 4.78 is 5.36. The summed E-state index contributed by atoms with van der Waals surface area (Å²) >= 11 is 0. The fraction of sp³-hybridized carbons (Fsp3) is 0.400. The molecule has 3 rings (SSSR count). The zero-order chi connectivity index (χ0) is 14.3. The number of hydrogen-bond acceptors (Lipinski definition) is 6.